The van der Waals surface area contributed by atoms with Crippen molar-refractivity contribution in [3.05, 3.63) is 129 Å². The highest BCUT2D eigenvalue weighted by molar-refractivity contribution is 5.93. The lowest BCUT2D eigenvalue weighted by Crippen LogP contribution is -2.53. The van der Waals surface area contributed by atoms with Gasteiger partial charge in [0.05, 0.1) is 30.3 Å². The number of allylic oxidation sites excluding steroid dienone is 2. The second kappa shape index (κ2) is 13.7. The number of rotatable bonds is 11. The van der Waals surface area contributed by atoms with Gasteiger partial charge in [0.15, 0.2) is 6.29 Å². The van der Waals surface area contributed by atoms with Gasteiger partial charge in [0.2, 0.25) is 0 Å². The number of esters is 1. The number of para-hydroxylation sites is 1. The summed E-state index contributed by atoms with van der Waals surface area (Å²) in [6.07, 6.45) is 0.595. The smallest absolute Gasteiger partial charge is 0.336 e. The van der Waals surface area contributed by atoms with Crippen molar-refractivity contribution in [2.75, 3.05) is 31.3 Å². The van der Waals surface area contributed by atoms with Gasteiger partial charge in [-0.3, -0.25) is 14.9 Å². The molecule has 2 aliphatic heterocycles. The van der Waals surface area contributed by atoms with Crippen molar-refractivity contribution in [1.82, 2.24) is 5.32 Å². The number of aldehydes is 1. The molecule has 2 heterocycles. The van der Waals surface area contributed by atoms with Crippen LogP contribution in [0.25, 0.3) is 0 Å². The Kier molecular flexibility index (Phi) is 9.69. The quantitative estimate of drug-likeness (QED) is 0.118. The van der Waals surface area contributed by atoms with Crippen molar-refractivity contribution in [3.8, 4) is 0 Å². The number of ether oxygens (including phenoxy) is 3. The Bertz CT molecular complexity index is 1640. The van der Waals surface area contributed by atoms with E-state index in [4.69, 9.17) is 14.2 Å². The molecule has 1 N–H and O–H groups in total. The van der Waals surface area contributed by atoms with Crippen LogP contribution < -0.4 is 10.2 Å². The Morgan fingerprint density at radius 3 is 2.28 bits per heavy atom. The van der Waals surface area contributed by atoms with Gasteiger partial charge in [0.1, 0.15) is 6.61 Å². The number of hydrogen-bond acceptors (Lipinski definition) is 9. The van der Waals surface area contributed by atoms with Crippen LogP contribution >= 0.6 is 0 Å². The third kappa shape index (κ3) is 7.03. The maximum atomic E-state index is 14.1. The number of hydrogen-bond donors (Lipinski definition) is 1. The predicted molar refractivity (Wildman–Crippen MR) is 174 cm³/mol. The summed E-state index contributed by atoms with van der Waals surface area (Å²) >= 11 is 0. The van der Waals surface area contributed by atoms with Crippen molar-refractivity contribution in [3.63, 3.8) is 0 Å². The van der Waals surface area contributed by atoms with Crippen molar-refractivity contribution in [2.45, 2.75) is 45.9 Å². The molecule has 3 aromatic rings. The van der Waals surface area contributed by atoms with Crippen LogP contribution in [0.15, 0.2) is 107 Å². The number of dihydropyridines is 1. The summed E-state index contributed by atoms with van der Waals surface area (Å²) in [5, 5.41) is 15.0. The molecule has 2 aliphatic rings. The molecule has 0 amide bonds. The molecule has 1 unspecified atom stereocenters. The predicted octanol–water partition coefficient (Wildman–Crippen LogP) is 6.05. The zero-order valence-electron chi connectivity index (χ0n) is 26.5. The first-order chi connectivity index (χ1) is 22.0. The molecular weight excluding hydrogens is 586 g/mol. The van der Waals surface area contributed by atoms with E-state index in [9.17, 15) is 19.7 Å². The Hall–Kier alpha value is -4.80. The van der Waals surface area contributed by atoms with E-state index in [1.165, 1.54) is 12.1 Å². The molecule has 0 radical (unpaired) electrons. The molecule has 1 atom stereocenters. The molecule has 10 nitrogen and oxygen atoms in total. The van der Waals surface area contributed by atoms with Gasteiger partial charge in [-0.1, -0.05) is 74.5 Å². The molecule has 0 aromatic heterocycles. The van der Waals surface area contributed by atoms with Crippen LogP contribution in [0, 0.1) is 15.5 Å². The third-order valence-electron chi connectivity index (χ3n) is 8.21. The van der Waals surface area contributed by atoms with E-state index in [0.717, 1.165) is 11.3 Å². The number of benzene rings is 3. The Labute approximate surface area is 268 Å². The summed E-state index contributed by atoms with van der Waals surface area (Å²) in [7, 11) is 0. The molecule has 240 valence electrons. The zero-order valence-corrected chi connectivity index (χ0v) is 26.5. The minimum atomic E-state index is -1.81. The number of carbonyl (C=O) groups is 2. The second-order valence-electron chi connectivity index (χ2n) is 12.4. The Morgan fingerprint density at radius 2 is 1.65 bits per heavy atom. The number of carbonyl (C=O) groups excluding carboxylic acids is 2. The second-order valence-corrected chi connectivity index (χ2v) is 12.4. The lowest BCUT2D eigenvalue weighted by molar-refractivity contribution is -0.384. The van der Waals surface area contributed by atoms with Crippen molar-refractivity contribution in [2.24, 2.45) is 5.41 Å². The van der Waals surface area contributed by atoms with E-state index < -0.39 is 22.6 Å². The summed E-state index contributed by atoms with van der Waals surface area (Å²) in [4.78, 5) is 40.3. The molecule has 5 rings (SSSR count). The molecule has 0 bridgehead atoms. The van der Waals surface area contributed by atoms with E-state index in [-0.39, 0.29) is 36.5 Å². The van der Waals surface area contributed by atoms with Crippen LogP contribution in [-0.2, 0) is 30.3 Å². The fourth-order valence-corrected chi connectivity index (χ4v) is 5.92. The molecule has 0 saturated carbocycles. The van der Waals surface area contributed by atoms with Crippen molar-refractivity contribution >= 4 is 23.6 Å². The molecule has 1 saturated heterocycles. The van der Waals surface area contributed by atoms with Crippen LogP contribution in [-0.4, -0.2) is 49.3 Å². The van der Waals surface area contributed by atoms with Crippen LogP contribution in [0.2, 0.25) is 0 Å². The molecule has 46 heavy (non-hydrogen) atoms. The van der Waals surface area contributed by atoms with Crippen LogP contribution in [0.1, 0.15) is 44.7 Å². The van der Waals surface area contributed by atoms with Gasteiger partial charge < -0.3 is 24.4 Å². The maximum absolute atomic E-state index is 14.1. The highest BCUT2D eigenvalue weighted by Gasteiger charge is 2.51. The first-order valence-corrected chi connectivity index (χ1v) is 15.2. The van der Waals surface area contributed by atoms with Gasteiger partial charge in [-0.05, 0) is 37.1 Å². The highest BCUT2D eigenvalue weighted by Crippen LogP contribution is 2.47. The number of nitro groups is 1. The van der Waals surface area contributed by atoms with Crippen LogP contribution in [0.5, 0.6) is 0 Å². The average molecular weight is 626 g/mol. The van der Waals surface area contributed by atoms with E-state index in [1.807, 2.05) is 74.5 Å². The molecule has 10 heteroatoms. The normalized spacial score (nSPS) is 18.8. The fraction of sp³-hybridized carbons (Fsp3) is 0.333. The lowest BCUT2D eigenvalue weighted by Gasteiger charge is -2.45. The van der Waals surface area contributed by atoms with Gasteiger partial charge in [-0.2, -0.15) is 0 Å². The van der Waals surface area contributed by atoms with E-state index >= 15 is 0 Å². The molecule has 3 aromatic carbocycles. The largest absolute Gasteiger partial charge is 0.460 e. The van der Waals surface area contributed by atoms with Crippen molar-refractivity contribution < 1.29 is 28.7 Å². The van der Waals surface area contributed by atoms with Crippen LogP contribution in [0.3, 0.4) is 0 Å². The number of nitrogens with zero attached hydrogens (tertiary/aromatic N) is 2. The molecule has 0 aliphatic carbocycles. The van der Waals surface area contributed by atoms with Crippen molar-refractivity contribution in [1.29, 1.82) is 0 Å². The van der Waals surface area contributed by atoms with Gasteiger partial charge in [-0.15, -0.1) is 0 Å². The number of anilines is 1. The Balaban J connectivity index is 1.47. The topological polar surface area (TPSA) is 120 Å². The summed E-state index contributed by atoms with van der Waals surface area (Å²) in [5.41, 5.74) is 3.66. The summed E-state index contributed by atoms with van der Waals surface area (Å²) in [5.74, 6) is -3.35. The average Bonchev–Trinajstić information content (AvgIpc) is 3.05. The molecular formula is C36H39N3O7. The van der Waals surface area contributed by atoms with E-state index in [1.54, 1.807) is 26.0 Å². The summed E-state index contributed by atoms with van der Waals surface area (Å²) in [6.45, 7) is 8.97. The number of non-ortho nitro benzene ring substituents is 1. The zero-order chi connectivity index (χ0) is 32.9. The van der Waals surface area contributed by atoms with Gasteiger partial charge >= 0.3 is 5.97 Å². The maximum Gasteiger partial charge on any atom is 0.336 e. The number of nitrogens with one attached hydrogen (secondary N) is 1. The number of nitro benzene ring substituents is 1. The minimum absolute atomic E-state index is 0.0665. The lowest BCUT2D eigenvalue weighted by atomic mass is 9.76. The van der Waals surface area contributed by atoms with Gasteiger partial charge in [-0.25, -0.2) is 4.79 Å². The third-order valence-corrected chi connectivity index (χ3v) is 8.21. The Morgan fingerprint density at radius 1 is 1.00 bits per heavy atom. The molecule has 1 fully saturated rings. The first-order valence-electron chi connectivity index (χ1n) is 15.2. The summed E-state index contributed by atoms with van der Waals surface area (Å²) < 4.78 is 18.2. The first kappa shape index (κ1) is 32.6. The SMILES string of the molecule is CC1=C(C(=O)OCCN(Cc2ccccc2)c2ccccc2)C(c2cccc([N+](=O)[O-])c2)C(C2(C=O)OCC(C)(C)CO2)=C(C)N1. The van der Waals surface area contributed by atoms with Gasteiger partial charge in [0.25, 0.3) is 11.5 Å². The standard InChI is InChI=1S/C36H39N3O7/c1-25-31(34(41)44-19-18-38(29-15-9-6-10-16-29)21-27-12-7-5-8-13-27)32(28-14-11-17-30(20-28)39(42)43)33(26(2)37-25)36(22-40)45-23-35(3,4)24-46-36/h5-17,20,22,32,37H,18-19,21,23-24H2,1-4H3. The van der Waals surface area contributed by atoms with E-state index in [0.29, 0.717) is 41.9 Å². The molecule has 0 spiro atoms. The highest BCUT2D eigenvalue weighted by atomic mass is 16.7. The van der Waals surface area contributed by atoms with Crippen LogP contribution in [0.4, 0.5) is 11.4 Å². The van der Waals surface area contributed by atoms with E-state index in [2.05, 4.69) is 10.2 Å². The monoisotopic (exact) mass is 625 g/mol. The van der Waals surface area contributed by atoms with Gasteiger partial charge in [0, 0.05) is 52.7 Å². The fourth-order valence-electron chi connectivity index (χ4n) is 5.92. The summed E-state index contributed by atoms with van der Waals surface area (Å²) in [6, 6.07) is 25.9. The minimum Gasteiger partial charge on any atom is -0.460 e.